The van der Waals surface area contributed by atoms with Gasteiger partial charge in [-0.3, -0.25) is 4.90 Å². The van der Waals surface area contributed by atoms with E-state index in [-0.39, 0.29) is 0 Å². The highest BCUT2D eigenvalue weighted by atomic mass is 15.2. The molecule has 1 nitrogen and oxygen atoms in total. The van der Waals surface area contributed by atoms with Gasteiger partial charge in [0.1, 0.15) is 0 Å². The third-order valence-electron chi connectivity index (χ3n) is 5.49. The number of rotatable bonds is 4. The molecular weight excluding hydrogens is 242 g/mol. The lowest BCUT2D eigenvalue weighted by atomic mass is 9.79. The fraction of sp³-hybridized carbons (Fsp3) is 0.684. The van der Waals surface area contributed by atoms with Crippen molar-refractivity contribution in [2.24, 2.45) is 5.92 Å². The van der Waals surface area contributed by atoms with Crippen molar-refractivity contribution in [3.63, 3.8) is 0 Å². The highest BCUT2D eigenvalue weighted by Gasteiger charge is 2.33. The van der Waals surface area contributed by atoms with Crippen molar-refractivity contribution in [1.29, 1.82) is 0 Å². The topological polar surface area (TPSA) is 3.24 Å². The third kappa shape index (κ3) is 3.25. The molecule has 2 aliphatic heterocycles. The summed E-state index contributed by atoms with van der Waals surface area (Å²) in [6.45, 7) is 4.97. The zero-order chi connectivity index (χ0) is 13.8. The Bertz CT molecular complexity index is 399. The first-order chi connectivity index (χ1) is 9.86. The van der Waals surface area contributed by atoms with Gasteiger partial charge in [0.2, 0.25) is 0 Å². The molecular formula is C19H29N. The van der Waals surface area contributed by atoms with Crippen LogP contribution in [0.2, 0.25) is 0 Å². The van der Waals surface area contributed by atoms with Crippen molar-refractivity contribution < 1.29 is 0 Å². The lowest BCUT2D eigenvalue weighted by Crippen LogP contribution is -2.47. The summed E-state index contributed by atoms with van der Waals surface area (Å²) in [5, 5.41) is 0. The van der Waals surface area contributed by atoms with Gasteiger partial charge >= 0.3 is 0 Å². The van der Waals surface area contributed by atoms with Crippen LogP contribution in [0.25, 0.3) is 0 Å². The van der Waals surface area contributed by atoms with Crippen molar-refractivity contribution in [2.45, 2.75) is 63.8 Å². The summed E-state index contributed by atoms with van der Waals surface area (Å²) < 4.78 is 0. The molecule has 0 bridgehead atoms. The Hall–Kier alpha value is -0.820. The Morgan fingerprint density at radius 3 is 2.75 bits per heavy atom. The standard InChI is InChI=1S/C19H29N/c1-2-3-7-16-12-13-20-15-18(10-11-19(20)14-16)17-8-5-4-6-9-17/h4-6,8-9,16,18-19H,2-3,7,10-15H2,1H3. The fourth-order valence-electron chi connectivity index (χ4n) is 4.24. The molecule has 110 valence electrons. The van der Waals surface area contributed by atoms with Gasteiger partial charge in [-0.25, -0.2) is 0 Å². The molecule has 0 aromatic heterocycles. The molecule has 3 unspecified atom stereocenters. The summed E-state index contributed by atoms with van der Waals surface area (Å²) in [6, 6.07) is 12.0. The normalized spacial score (nSPS) is 30.9. The zero-order valence-electron chi connectivity index (χ0n) is 12.9. The maximum Gasteiger partial charge on any atom is 0.00983 e. The van der Waals surface area contributed by atoms with Gasteiger partial charge in [-0.05, 0) is 49.6 Å². The molecule has 0 N–H and O–H groups in total. The van der Waals surface area contributed by atoms with E-state index < -0.39 is 0 Å². The first-order valence-corrected chi connectivity index (χ1v) is 8.65. The largest absolute Gasteiger partial charge is 0.300 e. The molecule has 0 aliphatic carbocycles. The number of hydrogen-bond acceptors (Lipinski definition) is 1. The van der Waals surface area contributed by atoms with Crippen LogP contribution >= 0.6 is 0 Å². The SMILES string of the molecule is CCCCC1CCN2CC(c3ccccc3)CCC2C1. The Morgan fingerprint density at radius 2 is 1.95 bits per heavy atom. The van der Waals surface area contributed by atoms with Crippen molar-refractivity contribution in [3.05, 3.63) is 35.9 Å². The summed E-state index contributed by atoms with van der Waals surface area (Å²) in [5.41, 5.74) is 1.55. The Balaban J connectivity index is 1.56. The van der Waals surface area contributed by atoms with E-state index in [9.17, 15) is 0 Å². The molecule has 2 aliphatic rings. The van der Waals surface area contributed by atoms with Gasteiger partial charge < -0.3 is 0 Å². The van der Waals surface area contributed by atoms with E-state index >= 15 is 0 Å². The molecule has 1 heteroatoms. The average molecular weight is 271 g/mol. The fourth-order valence-corrected chi connectivity index (χ4v) is 4.24. The summed E-state index contributed by atoms with van der Waals surface area (Å²) in [7, 11) is 0. The zero-order valence-corrected chi connectivity index (χ0v) is 12.9. The van der Waals surface area contributed by atoms with Crippen LogP contribution in [0, 0.1) is 5.92 Å². The second-order valence-electron chi connectivity index (χ2n) is 6.87. The van der Waals surface area contributed by atoms with E-state index in [1.165, 1.54) is 58.0 Å². The smallest absolute Gasteiger partial charge is 0.00983 e. The highest BCUT2D eigenvalue weighted by Crippen LogP contribution is 2.37. The highest BCUT2D eigenvalue weighted by molar-refractivity contribution is 5.20. The summed E-state index contributed by atoms with van der Waals surface area (Å²) in [4.78, 5) is 2.80. The van der Waals surface area contributed by atoms with E-state index in [1.54, 1.807) is 5.56 Å². The molecule has 1 aromatic carbocycles. The van der Waals surface area contributed by atoms with Crippen LogP contribution in [0.15, 0.2) is 30.3 Å². The molecule has 0 spiro atoms. The molecule has 3 rings (SSSR count). The minimum absolute atomic E-state index is 0.777. The van der Waals surface area contributed by atoms with Crippen LogP contribution in [-0.4, -0.2) is 24.0 Å². The number of unbranched alkanes of at least 4 members (excludes halogenated alkanes) is 1. The second kappa shape index (κ2) is 6.76. The predicted molar refractivity (Wildman–Crippen MR) is 86.0 cm³/mol. The van der Waals surface area contributed by atoms with Crippen LogP contribution in [0.5, 0.6) is 0 Å². The number of piperidine rings is 2. The minimum Gasteiger partial charge on any atom is -0.300 e. The summed E-state index contributed by atoms with van der Waals surface area (Å²) >= 11 is 0. The molecule has 2 saturated heterocycles. The molecule has 2 heterocycles. The summed E-state index contributed by atoms with van der Waals surface area (Å²) in [5.74, 6) is 1.80. The Morgan fingerprint density at radius 1 is 1.10 bits per heavy atom. The van der Waals surface area contributed by atoms with E-state index in [4.69, 9.17) is 0 Å². The minimum atomic E-state index is 0.777. The van der Waals surface area contributed by atoms with Crippen LogP contribution in [-0.2, 0) is 0 Å². The monoisotopic (exact) mass is 271 g/mol. The lowest BCUT2D eigenvalue weighted by molar-refractivity contribution is 0.0653. The molecule has 3 atom stereocenters. The first-order valence-electron chi connectivity index (χ1n) is 8.65. The van der Waals surface area contributed by atoms with Crippen LogP contribution < -0.4 is 0 Å². The van der Waals surface area contributed by atoms with Crippen molar-refractivity contribution >= 4 is 0 Å². The number of hydrogen-bond donors (Lipinski definition) is 0. The molecule has 0 amide bonds. The van der Waals surface area contributed by atoms with Gasteiger partial charge in [0, 0.05) is 12.6 Å². The van der Waals surface area contributed by atoms with Gasteiger partial charge in [-0.1, -0.05) is 56.5 Å². The lowest BCUT2D eigenvalue weighted by Gasteiger charge is -2.45. The van der Waals surface area contributed by atoms with Crippen LogP contribution in [0.1, 0.15) is 63.4 Å². The van der Waals surface area contributed by atoms with Crippen molar-refractivity contribution in [3.8, 4) is 0 Å². The van der Waals surface area contributed by atoms with E-state index in [1.807, 2.05) is 0 Å². The van der Waals surface area contributed by atoms with E-state index in [2.05, 4.69) is 42.2 Å². The second-order valence-corrected chi connectivity index (χ2v) is 6.87. The van der Waals surface area contributed by atoms with E-state index in [0.29, 0.717) is 0 Å². The molecule has 0 saturated carbocycles. The van der Waals surface area contributed by atoms with E-state index in [0.717, 1.165) is 17.9 Å². The molecule has 1 aromatic rings. The average Bonchev–Trinajstić information content (AvgIpc) is 2.53. The quantitative estimate of drug-likeness (QED) is 0.758. The predicted octanol–water partition coefficient (Wildman–Crippen LogP) is 4.83. The van der Waals surface area contributed by atoms with Crippen molar-refractivity contribution in [2.75, 3.05) is 13.1 Å². The molecule has 0 radical (unpaired) electrons. The maximum absolute atomic E-state index is 2.80. The number of benzene rings is 1. The van der Waals surface area contributed by atoms with Gasteiger partial charge in [0.05, 0.1) is 0 Å². The van der Waals surface area contributed by atoms with Gasteiger partial charge in [0.25, 0.3) is 0 Å². The number of nitrogens with zero attached hydrogens (tertiary/aromatic N) is 1. The van der Waals surface area contributed by atoms with Crippen LogP contribution in [0.3, 0.4) is 0 Å². The van der Waals surface area contributed by atoms with Gasteiger partial charge in [-0.2, -0.15) is 0 Å². The maximum atomic E-state index is 2.80. The third-order valence-corrected chi connectivity index (χ3v) is 5.49. The Labute approximate surface area is 124 Å². The summed E-state index contributed by atoms with van der Waals surface area (Å²) in [6.07, 6.45) is 10.0. The molecule has 20 heavy (non-hydrogen) atoms. The molecule has 2 fully saturated rings. The van der Waals surface area contributed by atoms with Gasteiger partial charge in [0.15, 0.2) is 0 Å². The van der Waals surface area contributed by atoms with Crippen LogP contribution in [0.4, 0.5) is 0 Å². The first kappa shape index (κ1) is 14.1. The number of fused-ring (bicyclic) bond motifs is 1. The van der Waals surface area contributed by atoms with Gasteiger partial charge in [-0.15, -0.1) is 0 Å². The Kier molecular flexibility index (Phi) is 4.77. The van der Waals surface area contributed by atoms with Crippen molar-refractivity contribution in [1.82, 2.24) is 4.90 Å².